The summed E-state index contributed by atoms with van der Waals surface area (Å²) in [6.45, 7) is 0. The summed E-state index contributed by atoms with van der Waals surface area (Å²) in [5.74, 6) is 2.91. The van der Waals surface area contributed by atoms with Crippen LogP contribution in [0.25, 0.3) is 33.1 Å². The predicted octanol–water partition coefficient (Wildman–Crippen LogP) is 4.12. The van der Waals surface area contributed by atoms with Gasteiger partial charge in [0.2, 0.25) is 0 Å². The predicted molar refractivity (Wildman–Crippen MR) is 78.1 cm³/mol. The lowest BCUT2D eigenvalue weighted by Crippen LogP contribution is -1.77. The van der Waals surface area contributed by atoms with E-state index in [9.17, 15) is 0 Å². The highest BCUT2D eigenvalue weighted by atomic mass is 32.1. The molecule has 0 saturated carbocycles. The number of hydrogen-bond acceptors (Lipinski definition) is 3. The van der Waals surface area contributed by atoms with E-state index < -0.39 is 0 Å². The maximum atomic E-state index is 4.40. The third kappa shape index (κ3) is 1.35. The molecule has 18 heavy (non-hydrogen) atoms. The Morgan fingerprint density at radius 1 is 1.22 bits per heavy atom. The first-order valence-corrected chi connectivity index (χ1v) is 6.50. The Bertz CT molecular complexity index is 865. The minimum Gasteiger partial charge on any atom is -0.256 e. The number of rotatable bonds is 0. The van der Waals surface area contributed by atoms with Gasteiger partial charge in [0.25, 0.3) is 0 Å². The molecular formula is C15H8N2S. The van der Waals surface area contributed by atoms with Crippen molar-refractivity contribution in [2.45, 2.75) is 0 Å². The van der Waals surface area contributed by atoms with Gasteiger partial charge in [-0.25, -0.2) is 4.99 Å². The van der Waals surface area contributed by atoms with Gasteiger partial charge in [0, 0.05) is 44.4 Å². The van der Waals surface area contributed by atoms with E-state index >= 15 is 0 Å². The molecule has 0 spiro atoms. The molecule has 2 aromatic heterocycles. The minimum atomic E-state index is 1.04. The van der Waals surface area contributed by atoms with Crippen LogP contribution in [0.2, 0.25) is 0 Å². The molecule has 1 aliphatic rings. The van der Waals surface area contributed by atoms with E-state index in [4.69, 9.17) is 0 Å². The SMILES string of the molecule is C1=Cc2sc3cc4ncccc4cc3c2C=CN=1. The van der Waals surface area contributed by atoms with Crippen LogP contribution in [0.1, 0.15) is 10.4 Å². The lowest BCUT2D eigenvalue weighted by Gasteiger charge is -1.97. The second kappa shape index (κ2) is 3.64. The molecule has 0 fully saturated rings. The smallest absolute Gasteiger partial charge is 0.0716 e. The average Bonchev–Trinajstić information content (AvgIpc) is 2.59. The fourth-order valence-electron chi connectivity index (χ4n) is 2.23. The van der Waals surface area contributed by atoms with Crippen molar-refractivity contribution in [3.05, 3.63) is 47.1 Å². The van der Waals surface area contributed by atoms with Gasteiger partial charge in [-0.2, -0.15) is 0 Å². The molecular weight excluding hydrogens is 240 g/mol. The van der Waals surface area contributed by atoms with E-state index in [1.807, 2.05) is 24.4 Å². The Morgan fingerprint density at radius 2 is 2.22 bits per heavy atom. The normalized spacial score (nSPS) is 13.1. The molecule has 0 saturated heterocycles. The van der Waals surface area contributed by atoms with Gasteiger partial charge in [0.15, 0.2) is 0 Å². The van der Waals surface area contributed by atoms with E-state index in [2.05, 4.69) is 34.0 Å². The largest absolute Gasteiger partial charge is 0.256 e. The third-order valence-electron chi connectivity index (χ3n) is 3.07. The lowest BCUT2D eigenvalue weighted by molar-refractivity contribution is 1.42. The van der Waals surface area contributed by atoms with Crippen LogP contribution in [-0.2, 0) is 0 Å². The summed E-state index contributed by atoms with van der Waals surface area (Å²) >= 11 is 1.76. The summed E-state index contributed by atoms with van der Waals surface area (Å²) in [5.41, 5.74) is 2.28. The second-order valence-corrected chi connectivity index (χ2v) is 5.23. The van der Waals surface area contributed by atoms with Crippen LogP contribution < -0.4 is 0 Å². The average molecular weight is 248 g/mol. The van der Waals surface area contributed by atoms with Gasteiger partial charge in [-0.05, 0) is 30.1 Å². The number of fused-ring (bicyclic) bond motifs is 4. The Hall–Kier alpha value is -2.22. The van der Waals surface area contributed by atoms with Crippen molar-refractivity contribution in [1.29, 1.82) is 0 Å². The van der Waals surface area contributed by atoms with Crippen molar-refractivity contribution in [3.8, 4) is 0 Å². The van der Waals surface area contributed by atoms with Gasteiger partial charge in [0.1, 0.15) is 0 Å². The Balaban J connectivity index is 2.17. The van der Waals surface area contributed by atoms with E-state index in [0.29, 0.717) is 0 Å². The van der Waals surface area contributed by atoms with E-state index in [0.717, 1.165) is 5.52 Å². The number of benzene rings is 1. The molecule has 0 atom stereocenters. The van der Waals surface area contributed by atoms with Crippen molar-refractivity contribution in [2.24, 2.45) is 4.99 Å². The van der Waals surface area contributed by atoms with Crippen LogP contribution in [-0.4, -0.2) is 10.9 Å². The summed E-state index contributed by atoms with van der Waals surface area (Å²) in [7, 11) is 0. The van der Waals surface area contributed by atoms with Crippen molar-refractivity contribution in [2.75, 3.05) is 0 Å². The molecule has 0 aliphatic carbocycles. The van der Waals surface area contributed by atoms with Crippen LogP contribution >= 0.6 is 11.3 Å². The van der Waals surface area contributed by atoms with Crippen molar-refractivity contribution >= 4 is 50.3 Å². The van der Waals surface area contributed by atoms with Crippen molar-refractivity contribution in [1.82, 2.24) is 4.98 Å². The molecule has 0 bridgehead atoms. The van der Waals surface area contributed by atoms with Crippen LogP contribution in [0.3, 0.4) is 0 Å². The highest BCUT2D eigenvalue weighted by Gasteiger charge is 2.10. The number of aromatic nitrogens is 1. The van der Waals surface area contributed by atoms with Gasteiger partial charge in [-0.15, -0.1) is 11.3 Å². The molecule has 0 amide bonds. The maximum absolute atomic E-state index is 4.40. The summed E-state index contributed by atoms with van der Waals surface area (Å²) < 4.78 is 1.26. The summed E-state index contributed by atoms with van der Waals surface area (Å²) in [6.07, 6.45) is 7.62. The van der Waals surface area contributed by atoms with E-state index in [1.54, 1.807) is 17.5 Å². The molecule has 3 aromatic rings. The highest BCUT2D eigenvalue weighted by Crippen LogP contribution is 2.35. The van der Waals surface area contributed by atoms with Gasteiger partial charge in [-0.1, -0.05) is 6.07 Å². The molecule has 3 heterocycles. The molecule has 2 nitrogen and oxygen atoms in total. The monoisotopic (exact) mass is 248 g/mol. The Kier molecular flexibility index (Phi) is 1.97. The fourth-order valence-corrected chi connectivity index (χ4v) is 3.32. The number of thiophene rings is 1. The molecule has 3 heteroatoms. The molecule has 0 radical (unpaired) electrons. The standard InChI is InChI=1S/C15H8N2S/c1-2-10-8-12-11-3-6-16-7-4-14(11)18-15(12)9-13(10)17-5-1/h1-6,8-9H. The molecule has 0 unspecified atom stereocenters. The fraction of sp³-hybridized carbons (Fsp3) is 0. The first-order chi connectivity index (χ1) is 8.92. The molecule has 84 valence electrons. The summed E-state index contributed by atoms with van der Waals surface area (Å²) in [4.78, 5) is 9.64. The Morgan fingerprint density at radius 3 is 3.22 bits per heavy atom. The van der Waals surface area contributed by atoms with E-state index in [1.165, 1.54) is 25.9 Å². The number of aliphatic imine (C=N–C) groups is 1. The lowest BCUT2D eigenvalue weighted by atomic mass is 10.1. The molecule has 0 N–H and O–H groups in total. The molecule has 4 rings (SSSR count). The quantitative estimate of drug-likeness (QED) is 0.587. The van der Waals surface area contributed by atoms with Gasteiger partial charge < -0.3 is 0 Å². The summed E-state index contributed by atoms with van der Waals surface area (Å²) in [6, 6.07) is 8.43. The number of pyridine rings is 1. The van der Waals surface area contributed by atoms with E-state index in [-0.39, 0.29) is 0 Å². The molecule has 1 aromatic carbocycles. The number of nitrogens with zero attached hydrogens (tertiary/aromatic N) is 2. The number of hydrogen-bond donors (Lipinski definition) is 0. The van der Waals surface area contributed by atoms with Crippen LogP contribution in [0, 0.1) is 0 Å². The first kappa shape index (κ1) is 9.77. The van der Waals surface area contributed by atoms with Crippen molar-refractivity contribution in [3.63, 3.8) is 0 Å². The first-order valence-electron chi connectivity index (χ1n) is 5.68. The van der Waals surface area contributed by atoms with Gasteiger partial charge >= 0.3 is 0 Å². The van der Waals surface area contributed by atoms with Gasteiger partial charge in [-0.3, -0.25) is 4.98 Å². The van der Waals surface area contributed by atoms with Gasteiger partial charge in [0.05, 0.1) is 5.52 Å². The third-order valence-corrected chi connectivity index (χ3v) is 4.18. The summed E-state index contributed by atoms with van der Waals surface area (Å²) in [5, 5.41) is 2.44. The highest BCUT2D eigenvalue weighted by molar-refractivity contribution is 7.20. The zero-order chi connectivity index (χ0) is 11.9. The van der Waals surface area contributed by atoms with Crippen LogP contribution in [0.4, 0.5) is 0 Å². The van der Waals surface area contributed by atoms with Crippen molar-refractivity contribution < 1.29 is 0 Å². The second-order valence-electron chi connectivity index (χ2n) is 4.14. The molecule has 1 aliphatic heterocycles. The minimum absolute atomic E-state index is 1.04. The van der Waals surface area contributed by atoms with Crippen LogP contribution in [0.5, 0.6) is 0 Å². The van der Waals surface area contributed by atoms with Crippen LogP contribution in [0.15, 0.2) is 41.7 Å². The maximum Gasteiger partial charge on any atom is 0.0716 e. The Labute approximate surface area is 108 Å². The zero-order valence-electron chi connectivity index (χ0n) is 9.42. The zero-order valence-corrected chi connectivity index (χ0v) is 10.2. The topological polar surface area (TPSA) is 25.2 Å².